The van der Waals surface area contributed by atoms with Gasteiger partial charge in [-0.25, -0.2) is 0 Å². The summed E-state index contributed by atoms with van der Waals surface area (Å²) >= 11 is 0. The van der Waals surface area contributed by atoms with Crippen LogP contribution < -0.4 is 0 Å². The molecule has 0 saturated heterocycles. The number of rotatable bonds is 4. The number of hydrogen-bond donors (Lipinski definition) is 0. The van der Waals surface area contributed by atoms with Crippen LogP contribution in [0.4, 0.5) is 0 Å². The minimum atomic E-state index is 0.519. The summed E-state index contributed by atoms with van der Waals surface area (Å²) in [6.45, 7) is 16.4. The van der Waals surface area contributed by atoms with Crippen molar-refractivity contribution in [3.8, 4) is 0 Å². The van der Waals surface area contributed by atoms with Crippen molar-refractivity contribution in [2.24, 2.45) is 35.5 Å². The Bertz CT molecular complexity index is 296. The lowest BCUT2D eigenvalue weighted by Gasteiger charge is -2.44. The van der Waals surface area contributed by atoms with E-state index >= 15 is 0 Å². The molecule has 0 aliphatic heterocycles. The summed E-state index contributed by atoms with van der Waals surface area (Å²) in [5.41, 5.74) is 0. The highest BCUT2D eigenvalue weighted by Gasteiger charge is 2.37. The van der Waals surface area contributed by atoms with Crippen LogP contribution >= 0.6 is 0 Å². The summed E-state index contributed by atoms with van der Waals surface area (Å²) in [5, 5.41) is 0. The Hall–Kier alpha value is -0.370. The van der Waals surface area contributed by atoms with E-state index < -0.39 is 0 Å². The van der Waals surface area contributed by atoms with Crippen LogP contribution in [0.3, 0.4) is 0 Å². The van der Waals surface area contributed by atoms with E-state index in [0.717, 1.165) is 35.5 Å². The maximum atomic E-state index is 8.00. The van der Waals surface area contributed by atoms with E-state index in [1.165, 1.54) is 38.5 Å². The lowest BCUT2D eigenvalue weighted by atomic mass is 9.73. The molecule has 0 heterocycles. The molecule has 2 fully saturated rings. The SMILES string of the molecule is C=O.CC1CCC(C(C)C)C(OC2CC(C)CCC2C(C)C)C1. The van der Waals surface area contributed by atoms with E-state index in [0.29, 0.717) is 12.2 Å². The number of carbonyl (C=O) groups excluding carboxylic acids is 1. The zero-order valence-corrected chi connectivity index (χ0v) is 16.4. The van der Waals surface area contributed by atoms with Crippen molar-refractivity contribution < 1.29 is 9.53 Å². The molecular weight excluding hydrogens is 284 g/mol. The standard InChI is InChI=1S/C20H38O.CH2O/c1-13(2)17-9-7-15(5)11-19(17)21-20-12-16(6)8-10-18(20)14(3)4;1-2/h13-20H,7-12H2,1-6H3;1H2. The van der Waals surface area contributed by atoms with Crippen LogP contribution in [-0.2, 0) is 9.53 Å². The van der Waals surface area contributed by atoms with Gasteiger partial charge in [-0.05, 0) is 61.2 Å². The molecule has 6 atom stereocenters. The van der Waals surface area contributed by atoms with E-state index in [2.05, 4.69) is 41.5 Å². The fourth-order valence-corrected chi connectivity index (χ4v) is 4.77. The Kier molecular flexibility index (Phi) is 8.82. The van der Waals surface area contributed by atoms with Crippen molar-refractivity contribution in [2.75, 3.05) is 0 Å². The first-order valence-corrected chi connectivity index (χ1v) is 9.82. The smallest absolute Gasteiger partial charge is 0.106 e. The second-order valence-electron chi connectivity index (χ2n) is 8.87. The van der Waals surface area contributed by atoms with Gasteiger partial charge in [-0.2, -0.15) is 0 Å². The van der Waals surface area contributed by atoms with E-state index in [9.17, 15) is 0 Å². The molecular formula is C21H40O2. The van der Waals surface area contributed by atoms with Crippen LogP contribution in [0, 0.1) is 35.5 Å². The van der Waals surface area contributed by atoms with E-state index in [1.807, 2.05) is 6.79 Å². The fourth-order valence-electron chi connectivity index (χ4n) is 4.77. The minimum absolute atomic E-state index is 0.519. The first-order valence-electron chi connectivity index (χ1n) is 9.82. The molecule has 0 aromatic heterocycles. The van der Waals surface area contributed by atoms with Crippen molar-refractivity contribution >= 4 is 6.79 Å². The van der Waals surface area contributed by atoms with E-state index in [1.54, 1.807) is 0 Å². The van der Waals surface area contributed by atoms with Gasteiger partial charge in [-0.3, -0.25) is 0 Å². The zero-order valence-electron chi connectivity index (χ0n) is 16.4. The first-order chi connectivity index (χ1) is 10.9. The molecule has 136 valence electrons. The van der Waals surface area contributed by atoms with Gasteiger partial charge < -0.3 is 9.53 Å². The Morgan fingerprint density at radius 2 is 1.09 bits per heavy atom. The van der Waals surface area contributed by atoms with Crippen molar-refractivity contribution in [3.05, 3.63) is 0 Å². The van der Waals surface area contributed by atoms with Crippen LogP contribution in [0.15, 0.2) is 0 Å². The van der Waals surface area contributed by atoms with Crippen molar-refractivity contribution in [2.45, 2.75) is 92.3 Å². The molecule has 0 aromatic carbocycles. The van der Waals surface area contributed by atoms with Crippen LogP contribution in [0.1, 0.15) is 80.1 Å². The molecule has 2 rings (SSSR count). The lowest BCUT2D eigenvalue weighted by Crippen LogP contribution is -2.42. The molecule has 0 radical (unpaired) electrons. The normalized spacial score (nSPS) is 38.3. The zero-order chi connectivity index (χ0) is 17.6. The van der Waals surface area contributed by atoms with Gasteiger partial charge in [0.25, 0.3) is 0 Å². The molecule has 2 nitrogen and oxygen atoms in total. The quantitative estimate of drug-likeness (QED) is 0.659. The van der Waals surface area contributed by atoms with Crippen LogP contribution in [0.2, 0.25) is 0 Å². The van der Waals surface area contributed by atoms with Crippen LogP contribution in [-0.4, -0.2) is 19.0 Å². The Balaban J connectivity index is 0.00000127. The summed E-state index contributed by atoms with van der Waals surface area (Å²) in [6.07, 6.45) is 9.16. The fraction of sp³-hybridized carbons (Fsp3) is 0.952. The van der Waals surface area contributed by atoms with Gasteiger partial charge in [0.05, 0.1) is 12.2 Å². The average molecular weight is 325 g/mol. The number of carbonyl (C=O) groups is 1. The lowest BCUT2D eigenvalue weighted by molar-refractivity contribution is -0.123. The van der Waals surface area contributed by atoms with Crippen molar-refractivity contribution in [1.29, 1.82) is 0 Å². The molecule has 0 amide bonds. The summed E-state index contributed by atoms with van der Waals surface area (Å²) in [4.78, 5) is 8.00. The summed E-state index contributed by atoms with van der Waals surface area (Å²) < 4.78 is 6.82. The second kappa shape index (κ2) is 9.81. The predicted molar refractivity (Wildman–Crippen MR) is 98.5 cm³/mol. The maximum absolute atomic E-state index is 8.00. The third kappa shape index (κ3) is 5.89. The minimum Gasteiger partial charge on any atom is -0.374 e. The topological polar surface area (TPSA) is 26.3 Å². The third-order valence-corrected chi connectivity index (χ3v) is 6.27. The molecule has 0 bridgehead atoms. The monoisotopic (exact) mass is 324 g/mol. The summed E-state index contributed by atoms with van der Waals surface area (Å²) in [5.74, 6) is 4.80. The molecule has 2 saturated carbocycles. The van der Waals surface area contributed by atoms with E-state index in [4.69, 9.17) is 9.53 Å². The van der Waals surface area contributed by atoms with Gasteiger partial charge in [-0.1, -0.05) is 54.4 Å². The maximum Gasteiger partial charge on any atom is 0.106 e. The molecule has 0 aromatic rings. The van der Waals surface area contributed by atoms with E-state index in [-0.39, 0.29) is 0 Å². The largest absolute Gasteiger partial charge is 0.374 e. The van der Waals surface area contributed by atoms with Crippen molar-refractivity contribution in [1.82, 2.24) is 0 Å². The Morgan fingerprint density at radius 3 is 1.39 bits per heavy atom. The predicted octanol–water partition coefficient (Wildman–Crippen LogP) is 5.74. The molecule has 0 spiro atoms. The van der Waals surface area contributed by atoms with Crippen LogP contribution in [0.5, 0.6) is 0 Å². The summed E-state index contributed by atoms with van der Waals surface area (Å²) in [6, 6.07) is 0. The van der Waals surface area contributed by atoms with Gasteiger partial charge in [0.15, 0.2) is 0 Å². The summed E-state index contributed by atoms with van der Waals surface area (Å²) in [7, 11) is 0. The van der Waals surface area contributed by atoms with Crippen LogP contribution in [0.25, 0.3) is 0 Å². The first kappa shape index (κ1) is 20.7. The van der Waals surface area contributed by atoms with Gasteiger partial charge in [0, 0.05) is 0 Å². The highest BCUT2D eigenvalue weighted by Crippen LogP contribution is 2.41. The number of ether oxygens (including phenoxy) is 1. The van der Waals surface area contributed by atoms with Gasteiger partial charge in [0.1, 0.15) is 6.79 Å². The van der Waals surface area contributed by atoms with Gasteiger partial charge in [-0.15, -0.1) is 0 Å². The van der Waals surface area contributed by atoms with Gasteiger partial charge in [0.2, 0.25) is 0 Å². The Labute approximate surface area is 144 Å². The molecule has 6 unspecified atom stereocenters. The Morgan fingerprint density at radius 1 is 0.739 bits per heavy atom. The highest BCUT2D eigenvalue weighted by atomic mass is 16.5. The average Bonchev–Trinajstić information content (AvgIpc) is 2.48. The molecule has 2 aliphatic rings. The molecule has 2 aliphatic carbocycles. The van der Waals surface area contributed by atoms with Crippen molar-refractivity contribution in [3.63, 3.8) is 0 Å². The molecule has 23 heavy (non-hydrogen) atoms. The molecule has 2 heteroatoms. The third-order valence-electron chi connectivity index (χ3n) is 6.27. The molecule has 0 N–H and O–H groups in total. The second-order valence-corrected chi connectivity index (χ2v) is 8.87. The number of hydrogen-bond acceptors (Lipinski definition) is 2. The highest BCUT2D eigenvalue weighted by molar-refractivity contribution is 5.11. The van der Waals surface area contributed by atoms with Gasteiger partial charge >= 0.3 is 0 Å².